The molecule has 1 saturated carbocycles. The van der Waals surface area contributed by atoms with Crippen LogP contribution in [0.1, 0.15) is 40.0 Å². The van der Waals surface area contributed by atoms with Crippen LogP contribution in [0.15, 0.2) is 0 Å². The Labute approximate surface area is 88.8 Å². The van der Waals surface area contributed by atoms with Gasteiger partial charge in [0.2, 0.25) is 0 Å². The van der Waals surface area contributed by atoms with Gasteiger partial charge < -0.3 is 10.6 Å². The zero-order valence-corrected chi connectivity index (χ0v) is 10.4. The maximum absolute atomic E-state index is 3.53. The zero-order valence-electron chi connectivity index (χ0n) is 10.4. The van der Waals surface area contributed by atoms with E-state index in [1.807, 2.05) is 0 Å². The summed E-state index contributed by atoms with van der Waals surface area (Å²) >= 11 is 0. The number of hydrogen-bond donors (Lipinski definition) is 2. The average molecular weight is 198 g/mol. The van der Waals surface area contributed by atoms with Crippen LogP contribution in [0.5, 0.6) is 0 Å². The van der Waals surface area contributed by atoms with E-state index >= 15 is 0 Å². The lowest BCUT2D eigenvalue weighted by Crippen LogP contribution is -2.58. The molecule has 2 heteroatoms. The van der Waals surface area contributed by atoms with Gasteiger partial charge in [0.15, 0.2) is 0 Å². The van der Waals surface area contributed by atoms with Crippen LogP contribution in [-0.4, -0.2) is 26.7 Å². The second-order valence-electron chi connectivity index (χ2n) is 5.83. The summed E-state index contributed by atoms with van der Waals surface area (Å²) < 4.78 is 0. The molecule has 0 radical (unpaired) electrons. The molecule has 1 fully saturated rings. The Morgan fingerprint density at radius 3 is 2.00 bits per heavy atom. The third-order valence-electron chi connectivity index (χ3n) is 3.65. The predicted molar refractivity (Wildman–Crippen MR) is 62.5 cm³/mol. The molecule has 2 N–H and O–H groups in total. The molecular formula is C12H26N2. The second-order valence-corrected chi connectivity index (χ2v) is 5.83. The Morgan fingerprint density at radius 2 is 1.79 bits per heavy atom. The standard InChI is InChI=1S/C12H26N2/c1-11(2,3)10(14-5)12(9-13-4)7-6-8-12/h10,13-14H,6-9H2,1-5H3. The zero-order chi connectivity index (χ0) is 10.8. The number of nitrogens with one attached hydrogen (secondary N) is 2. The Bertz CT molecular complexity index is 177. The van der Waals surface area contributed by atoms with Crippen LogP contribution in [-0.2, 0) is 0 Å². The van der Waals surface area contributed by atoms with Gasteiger partial charge in [-0.25, -0.2) is 0 Å². The van der Waals surface area contributed by atoms with Crippen molar-refractivity contribution in [3.63, 3.8) is 0 Å². The molecule has 1 aliphatic carbocycles. The van der Waals surface area contributed by atoms with E-state index in [4.69, 9.17) is 0 Å². The second kappa shape index (κ2) is 4.19. The van der Waals surface area contributed by atoms with Crippen molar-refractivity contribution in [1.82, 2.24) is 10.6 Å². The minimum absolute atomic E-state index is 0.353. The molecule has 0 aromatic carbocycles. The smallest absolute Gasteiger partial charge is 0.0181 e. The fourth-order valence-electron chi connectivity index (χ4n) is 3.21. The first-order valence-corrected chi connectivity index (χ1v) is 5.78. The molecule has 0 bridgehead atoms. The summed E-state index contributed by atoms with van der Waals surface area (Å²) in [6, 6.07) is 0.621. The van der Waals surface area contributed by atoms with Crippen molar-refractivity contribution < 1.29 is 0 Å². The maximum Gasteiger partial charge on any atom is 0.0181 e. The van der Waals surface area contributed by atoms with Gasteiger partial charge in [-0.3, -0.25) is 0 Å². The van der Waals surface area contributed by atoms with E-state index in [9.17, 15) is 0 Å². The Kier molecular flexibility index (Phi) is 3.59. The van der Waals surface area contributed by atoms with Crippen LogP contribution in [0.25, 0.3) is 0 Å². The van der Waals surface area contributed by atoms with E-state index in [0.717, 1.165) is 6.54 Å². The summed E-state index contributed by atoms with van der Waals surface area (Å²) in [5.74, 6) is 0. The largest absolute Gasteiger partial charge is 0.319 e. The van der Waals surface area contributed by atoms with Gasteiger partial charge in [0, 0.05) is 12.6 Å². The van der Waals surface area contributed by atoms with Crippen molar-refractivity contribution in [3.05, 3.63) is 0 Å². The molecule has 0 aliphatic heterocycles. The summed E-state index contributed by atoms with van der Waals surface area (Å²) in [7, 11) is 4.17. The molecule has 1 rings (SSSR count). The minimum atomic E-state index is 0.353. The monoisotopic (exact) mass is 198 g/mol. The fourth-order valence-corrected chi connectivity index (χ4v) is 3.21. The normalized spacial score (nSPS) is 22.9. The molecule has 0 amide bonds. The Morgan fingerprint density at radius 1 is 1.21 bits per heavy atom. The Balaban J connectivity index is 2.75. The first kappa shape index (κ1) is 12.0. The van der Waals surface area contributed by atoms with E-state index in [1.165, 1.54) is 19.3 Å². The van der Waals surface area contributed by atoms with Gasteiger partial charge >= 0.3 is 0 Å². The van der Waals surface area contributed by atoms with Crippen LogP contribution < -0.4 is 10.6 Å². The van der Waals surface area contributed by atoms with Gasteiger partial charge in [-0.15, -0.1) is 0 Å². The van der Waals surface area contributed by atoms with Crippen LogP contribution >= 0.6 is 0 Å². The Hall–Kier alpha value is -0.0800. The fraction of sp³-hybridized carbons (Fsp3) is 1.00. The molecule has 0 aromatic rings. The average Bonchev–Trinajstić information content (AvgIpc) is 1.98. The molecule has 2 nitrogen and oxygen atoms in total. The van der Waals surface area contributed by atoms with Crippen molar-refractivity contribution in [1.29, 1.82) is 0 Å². The summed E-state index contributed by atoms with van der Waals surface area (Å²) in [4.78, 5) is 0. The van der Waals surface area contributed by atoms with Crippen molar-refractivity contribution in [2.75, 3.05) is 20.6 Å². The van der Waals surface area contributed by atoms with Gasteiger partial charge in [-0.1, -0.05) is 27.2 Å². The molecule has 0 saturated heterocycles. The minimum Gasteiger partial charge on any atom is -0.319 e. The summed E-state index contributed by atoms with van der Waals surface area (Å²) in [6.45, 7) is 8.16. The molecule has 14 heavy (non-hydrogen) atoms. The van der Waals surface area contributed by atoms with Crippen molar-refractivity contribution >= 4 is 0 Å². The summed E-state index contributed by atoms with van der Waals surface area (Å²) in [6.07, 6.45) is 4.14. The van der Waals surface area contributed by atoms with E-state index in [1.54, 1.807) is 0 Å². The molecule has 0 heterocycles. The van der Waals surface area contributed by atoms with Gasteiger partial charge in [0.25, 0.3) is 0 Å². The van der Waals surface area contributed by atoms with Gasteiger partial charge in [-0.05, 0) is 37.8 Å². The SMILES string of the molecule is CNCC1(C(NC)C(C)(C)C)CCC1. The first-order chi connectivity index (χ1) is 6.46. The predicted octanol–water partition coefficient (Wildman–Crippen LogP) is 2.01. The molecule has 1 aliphatic rings. The lowest BCUT2D eigenvalue weighted by molar-refractivity contribution is 0.0227. The number of hydrogen-bond acceptors (Lipinski definition) is 2. The molecule has 84 valence electrons. The van der Waals surface area contributed by atoms with Gasteiger partial charge in [0.1, 0.15) is 0 Å². The van der Waals surface area contributed by atoms with Crippen LogP contribution in [0.3, 0.4) is 0 Å². The topological polar surface area (TPSA) is 24.1 Å². The first-order valence-electron chi connectivity index (χ1n) is 5.78. The lowest BCUT2D eigenvalue weighted by Gasteiger charge is -2.52. The van der Waals surface area contributed by atoms with E-state index in [2.05, 4.69) is 45.5 Å². The molecular weight excluding hydrogens is 172 g/mol. The molecule has 0 spiro atoms. The highest BCUT2D eigenvalue weighted by molar-refractivity contribution is 5.02. The summed E-state index contributed by atoms with van der Waals surface area (Å²) in [5.41, 5.74) is 0.855. The van der Waals surface area contributed by atoms with Crippen LogP contribution in [0.2, 0.25) is 0 Å². The quantitative estimate of drug-likeness (QED) is 0.722. The third-order valence-corrected chi connectivity index (χ3v) is 3.65. The summed E-state index contributed by atoms with van der Waals surface area (Å²) in [5, 5.41) is 6.89. The van der Waals surface area contributed by atoms with Crippen LogP contribution in [0.4, 0.5) is 0 Å². The van der Waals surface area contributed by atoms with Crippen molar-refractivity contribution in [2.45, 2.75) is 46.1 Å². The highest BCUT2D eigenvalue weighted by Crippen LogP contribution is 2.48. The maximum atomic E-state index is 3.53. The number of rotatable bonds is 4. The van der Waals surface area contributed by atoms with Crippen molar-refractivity contribution in [2.24, 2.45) is 10.8 Å². The van der Waals surface area contributed by atoms with E-state index in [-0.39, 0.29) is 0 Å². The van der Waals surface area contributed by atoms with E-state index < -0.39 is 0 Å². The van der Waals surface area contributed by atoms with Crippen LogP contribution in [0, 0.1) is 10.8 Å². The molecule has 0 aromatic heterocycles. The van der Waals surface area contributed by atoms with E-state index in [0.29, 0.717) is 16.9 Å². The highest BCUT2D eigenvalue weighted by Gasteiger charge is 2.47. The third kappa shape index (κ3) is 2.12. The lowest BCUT2D eigenvalue weighted by atomic mass is 9.58. The molecule has 1 atom stereocenters. The van der Waals surface area contributed by atoms with Gasteiger partial charge in [0.05, 0.1) is 0 Å². The van der Waals surface area contributed by atoms with Crippen molar-refractivity contribution in [3.8, 4) is 0 Å². The molecule has 1 unspecified atom stereocenters. The van der Waals surface area contributed by atoms with Gasteiger partial charge in [-0.2, -0.15) is 0 Å². The highest BCUT2D eigenvalue weighted by atomic mass is 15.0.